The summed E-state index contributed by atoms with van der Waals surface area (Å²) in [5.41, 5.74) is 0.892. The molecule has 0 bridgehead atoms. The van der Waals surface area contributed by atoms with Gasteiger partial charge in [0, 0.05) is 29.7 Å². The number of carbonyl (C=O) groups is 3. The van der Waals surface area contributed by atoms with Crippen LogP contribution in [0, 0.1) is 5.82 Å². The van der Waals surface area contributed by atoms with Crippen molar-refractivity contribution in [2.45, 2.75) is 38.4 Å². The number of rotatable bonds is 9. The number of amides is 2. The number of fused-ring (bicyclic) bond motifs is 1. The smallest absolute Gasteiger partial charge is 0.408 e. The number of nitrogens with zero attached hydrogens (tertiary/aromatic N) is 3. The zero-order valence-corrected chi connectivity index (χ0v) is 24.1. The van der Waals surface area contributed by atoms with Crippen molar-refractivity contribution in [3.8, 4) is 5.75 Å². The largest absolute Gasteiger partial charge is 0.497 e. The first-order valence-electron chi connectivity index (χ1n) is 14.0. The summed E-state index contributed by atoms with van der Waals surface area (Å²) < 4.78 is 59.7. The van der Waals surface area contributed by atoms with E-state index in [-0.39, 0.29) is 39.1 Å². The minimum atomic E-state index is -4.59. The molecule has 236 valence electrons. The van der Waals surface area contributed by atoms with E-state index in [0.29, 0.717) is 29.2 Å². The highest BCUT2D eigenvalue weighted by Gasteiger charge is 2.31. The van der Waals surface area contributed by atoms with Crippen molar-refractivity contribution < 1.29 is 41.8 Å². The number of ether oxygens (including phenoxy) is 1. The monoisotopic (exact) mass is 627 g/mol. The molecule has 5 rings (SSSR count). The molecule has 10 nitrogen and oxygen atoms in total. The molecule has 4 aromatic rings. The highest BCUT2D eigenvalue weighted by Crippen LogP contribution is 2.32. The van der Waals surface area contributed by atoms with E-state index in [1.807, 2.05) is 4.90 Å². The summed E-state index contributed by atoms with van der Waals surface area (Å²) >= 11 is 0. The number of halogens is 4. The third kappa shape index (κ3) is 7.33. The number of aliphatic carboxylic acids is 1. The maximum Gasteiger partial charge on any atom is 0.408 e. The number of carbonyl (C=O) groups excluding carboxylic acids is 2. The number of hydrogen-bond donors (Lipinski definition) is 3. The van der Waals surface area contributed by atoms with Gasteiger partial charge in [0.2, 0.25) is 0 Å². The number of piperidine rings is 1. The SMILES string of the molecule is COc1ccc2c(c1)c(C(=O)Nc1cc(C(=O)Nc3ccc(F)cc3CC(=O)O)ccc1N1CCCCC1)nn2CC(F)(F)F. The normalized spacial score (nSPS) is 13.5. The van der Waals surface area contributed by atoms with E-state index in [0.717, 1.165) is 31.4 Å². The number of methoxy groups -OCH3 is 1. The molecule has 0 radical (unpaired) electrons. The fraction of sp³-hybridized carbons (Fsp3) is 0.290. The van der Waals surface area contributed by atoms with Crippen LogP contribution in [0.4, 0.5) is 34.6 Å². The number of aromatic nitrogens is 2. The summed E-state index contributed by atoms with van der Waals surface area (Å²) in [5, 5.41) is 18.7. The van der Waals surface area contributed by atoms with Gasteiger partial charge >= 0.3 is 12.1 Å². The lowest BCUT2D eigenvalue weighted by atomic mass is 10.1. The molecule has 3 N–H and O–H groups in total. The third-order valence-electron chi connectivity index (χ3n) is 7.36. The molecule has 1 aromatic heterocycles. The quantitative estimate of drug-likeness (QED) is 0.198. The molecule has 1 aliphatic heterocycles. The second kappa shape index (κ2) is 12.8. The van der Waals surface area contributed by atoms with E-state index < -0.39 is 42.7 Å². The number of carboxylic acids is 1. The van der Waals surface area contributed by atoms with Crippen LogP contribution in [-0.2, 0) is 17.8 Å². The van der Waals surface area contributed by atoms with E-state index in [1.165, 1.54) is 43.5 Å². The Balaban J connectivity index is 1.51. The van der Waals surface area contributed by atoms with E-state index >= 15 is 0 Å². The molecule has 0 atom stereocenters. The van der Waals surface area contributed by atoms with E-state index in [1.54, 1.807) is 6.07 Å². The van der Waals surface area contributed by atoms with Crippen molar-refractivity contribution in [3.63, 3.8) is 0 Å². The average Bonchev–Trinajstić information content (AvgIpc) is 3.34. The van der Waals surface area contributed by atoms with Crippen LogP contribution >= 0.6 is 0 Å². The third-order valence-corrected chi connectivity index (χ3v) is 7.36. The van der Waals surface area contributed by atoms with Gasteiger partial charge in [0.25, 0.3) is 11.8 Å². The van der Waals surface area contributed by atoms with Gasteiger partial charge in [-0.25, -0.2) is 4.39 Å². The number of nitrogens with one attached hydrogen (secondary N) is 2. The van der Waals surface area contributed by atoms with Gasteiger partial charge in [-0.05, 0) is 79.4 Å². The lowest BCUT2D eigenvalue weighted by molar-refractivity contribution is -0.142. The number of hydrogen-bond acceptors (Lipinski definition) is 6. The maximum atomic E-state index is 13.8. The molecule has 1 fully saturated rings. The highest BCUT2D eigenvalue weighted by atomic mass is 19.4. The summed E-state index contributed by atoms with van der Waals surface area (Å²) in [6.07, 6.45) is -2.29. The average molecular weight is 628 g/mol. The summed E-state index contributed by atoms with van der Waals surface area (Å²) in [6, 6.07) is 12.3. The summed E-state index contributed by atoms with van der Waals surface area (Å²) in [5.74, 6) is -3.01. The van der Waals surface area contributed by atoms with Crippen LogP contribution in [0.5, 0.6) is 5.75 Å². The zero-order valence-electron chi connectivity index (χ0n) is 24.1. The predicted molar refractivity (Wildman–Crippen MR) is 158 cm³/mol. The van der Waals surface area contributed by atoms with Gasteiger partial charge in [-0.15, -0.1) is 0 Å². The van der Waals surface area contributed by atoms with Crippen LogP contribution in [0.2, 0.25) is 0 Å². The van der Waals surface area contributed by atoms with Crippen molar-refractivity contribution in [1.29, 1.82) is 0 Å². The Morgan fingerprint density at radius 2 is 1.67 bits per heavy atom. The van der Waals surface area contributed by atoms with Gasteiger partial charge in [-0.1, -0.05) is 0 Å². The lowest BCUT2D eigenvalue weighted by Gasteiger charge is -2.30. The molecular formula is C31H29F4N5O5. The second-order valence-corrected chi connectivity index (χ2v) is 10.6. The van der Waals surface area contributed by atoms with E-state index in [2.05, 4.69) is 15.7 Å². The topological polar surface area (TPSA) is 126 Å². The summed E-state index contributed by atoms with van der Waals surface area (Å²) in [7, 11) is 1.39. The Kier molecular flexibility index (Phi) is 8.93. The summed E-state index contributed by atoms with van der Waals surface area (Å²) in [4.78, 5) is 40.3. The molecule has 1 saturated heterocycles. The number of alkyl halides is 3. The van der Waals surface area contributed by atoms with Crippen molar-refractivity contribution in [1.82, 2.24) is 9.78 Å². The Morgan fingerprint density at radius 3 is 2.36 bits per heavy atom. The maximum absolute atomic E-state index is 13.8. The first-order valence-corrected chi connectivity index (χ1v) is 14.0. The van der Waals surface area contributed by atoms with E-state index in [9.17, 15) is 37.1 Å². The minimum Gasteiger partial charge on any atom is -0.497 e. The first-order chi connectivity index (χ1) is 21.4. The Labute approximate surface area is 254 Å². The van der Waals surface area contributed by atoms with Gasteiger partial charge in [-0.2, -0.15) is 18.3 Å². The van der Waals surface area contributed by atoms with Crippen molar-refractivity contribution in [2.24, 2.45) is 0 Å². The van der Waals surface area contributed by atoms with Crippen molar-refractivity contribution >= 4 is 45.7 Å². The van der Waals surface area contributed by atoms with Gasteiger partial charge in [0.05, 0.1) is 30.4 Å². The molecule has 0 spiro atoms. The number of carboxylic acid groups (broad SMARTS) is 1. The minimum absolute atomic E-state index is 0.0612. The van der Waals surface area contributed by atoms with Gasteiger partial charge < -0.3 is 25.4 Å². The molecular weight excluding hydrogens is 598 g/mol. The highest BCUT2D eigenvalue weighted by molar-refractivity contribution is 6.13. The van der Waals surface area contributed by atoms with E-state index in [4.69, 9.17) is 4.74 Å². The molecule has 2 amide bonds. The first kappa shape index (κ1) is 31.3. The Bertz CT molecular complexity index is 1770. The molecule has 2 heterocycles. The fourth-order valence-electron chi connectivity index (χ4n) is 5.30. The number of benzene rings is 3. The van der Waals surface area contributed by atoms with Crippen LogP contribution in [0.15, 0.2) is 54.6 Å². The fourth-order valence-corrected chi connectivity index (χ4v) is 5.30. The standard InChI is InChI=1S/C31H29F4N5O5/c1-45-21-7-10-25-22(16-21)28(38-40(25)17-31(33,34)35)30(44)37-24-14-18(5-9-26(24)39-11-3-2-4-12-39)29(43)36-23-8-6-20(32)13-19(23)15-27(41)42/h5-10,13-14,16H,2-4,11-12,15,17H2,1H3,(H,36,43)(H,37,44)(H,41,42). The van der Waals surface area contributed by atoms with Gasteiger partial charge in [-0.3, -0.25) is 19.1 Å². The number of anilines is 3. The second-order valence-electron chi connectivity index (χ2n) is 10.6. The molecule has 3 aromatic carbocycles. The van der Waals surface area contributed by atoms with Crippen molar-refractivity contribution in [3.05, 3.63) is 77.2 Å². The Morgan fingerprint density at radius 1 is 0.933 bits per heavy atom. The molecule has 0 aliphatic carbocycles. The van der Waals surface area contributed by atoms with Crippen LogP contribution < -0.4 is 20.3 Å². The molecule has 45 heavy (non-hydrogen) atoms. The molecule has 1 aliphatic rings. The summed E-state index contributed by atoms with van der Waals surface area (Å²) in [6.45, 7) is -0.0448. The van der Waals surface area contributed by atoms with Gasteiger partial charge in [0.15, 0.2) is 5.69 Å². The van der Waals surface area contributed by atoms with Crippen LogP contribution in [0.3, 0.4) is 0 Å². The van der Waals surface area contributed by atoms with Gasteiger partial charge in [0.1, 0.15) is 18.1 Å². The zero-order chi connectivity index (χ0) is 32.3. The Hall–Kier alpha value is -5.14. The van der Waals surface area contributed by atoms with Crippen LogP contribution in [0.25, 0.3) is 10.9 Å². The molecule has 0 unspecified atom stereocenters. The molecule has 14 heteroatoms. The predicted octanol–water partition coefficient (Wildman–Crippen LogP) is 5.87. The van der Waals surface area contributed by atoms with Crippen LogP contribution in [0.1, 0.15) is 45.7 Å². The lowest BCUT2D eigenvalue weighted by Crippen LogP contribution is -2.30. The van der Waals surface area contributed by atoms with Crippen LogP contribution in [-0.4, -0.2) is 59.0 Å². The molecule has 0 saturated carbocycles. The van der Waals surface area contributed by atoms with Crippen molar-refractivity contribution in [2.75, 3.05) is 35.7 Å².